The predicted octanol–water partition coefficient (Wildman–Crippen LogP) is 1.38. The third-order valence-corrected chi connectivity index (χ3v) is 3.44. The van der Waals surface area contributed by atoms with Gasteiger partial charge >= 0.3 is 5.69 Å². The Bertz CT molecular complexity index is 950. The number of carbonyl (C=O) groups is 2. The Labute approximate surface area is 136 Å². The second-order valence-corrected chi connectivity index (χ2v) is 5.19. The molecule has 24 heavy (non-hydrogen) atoms. The number of anilines is 1. The highest BCUT2D eigenvalue weighted by atomic mass is 16.3. The molecule has 2 heterocycles. The zero-order valence-electron chi connectivity index (χ0n) is 12.9. The molecule has 0 radical (unpaired) electrons. The maximum Gasteiger partial charge on any atom is 0.323 e. The number of carbonyl (C=O) groups excluding carboxylic acids is 2. The Morgan fingerprint density at radius 3 is 2.67 bits per heavy atom. The number of hydrogen-bond acceptors (Lipinski definition) is 4. The molecular formula is C16H16N4O4. The molecule has 8 nitrogen and oxygen atoms in total. The van der Waals surface area contributed by atoms with Crippen molar-refractivity contribution in [2.24, 2.45) is 0 Å². The van der Waals surface area contributed by atoms with E-state index in [1.807, 2.05) is 6.92 Å². The van der Waals surface area contributed by atoms with Crippen molar-refractivity contribution in [3.63, 3.8) is 0 Å². The van der Waals surface area contributed by atoms with Crippen LogP contribution < -0.4 is 16.3 Å². The summed E-state index contributed by atoms with van der Waals surface area (Å²) < 4.78 is 5.31. The molecule has 2 aromatic heterocycles. The van der Waals surface area contributed by atoms with E-state index >= 15 is 0 Å². The van der Waals surface area contributed by atoms with Crippen LogP contribution in [0.3, 0.4) is 0 Å². The first kappa shape index (κ1) is 15.6. The van der Waals surface area contributed by atoms with Gasteiger partial charge in [-0.2, -0.15) is 0 Å². The van der Waals surface area contributed by atoms with Crippen LogP contribution in [0.5, 0.6) is 0 Å². The van der Waals surface area contributed by atoms with Gasteiger partial charge in [0.15, 0.2) is 5.76 Å². The molecule has 2 amide bonds. The van der Waals surface area contributed by atoms with Gasteiger partial charge < -0.3 is 25.0 Å². The van der Waals surface area contributed by atoms with Crippen LogP contribution in [0.1, 0.15) is 23.2 Å². The number of aryl methyl sites for hydroxylation is 1. The van der Waals surface area contributed by atoms with Crippen LogP contribution in [0, 0.1) is 0 Å². The van der Waals surface area contributed by atoms with Crippen molar-refractivity contribution in [2.45, 2.75) is 13.3 Å². The van der Waals surface area contributed by atoms with E-state index in [1.54, 1.807) is 30.3 Å². The Balaban J connectivity index is 1.58. The molecule has 3 rings (SSSR count). The van der Waals surface area contributed by atoms with Gasteiger partial charge in [-0.25, -0.2) is 4.79 Å². The number of aromatic nitrogens is 2. The highest BCUT2D eigenvalue weighted by molar-refractivity contribution is 5.98. The summed E-state index contributed by atoms with van der Waals surface area (Å²) in [4.78, 5) is 40.2. The lowest BCUT2D eigenvalue weighted by Crippen LogP contribution is -2.32. The summed E-state index contributed by atoms with van der Waals surface area (Å²) in [5.41, 5.74) is 1.44. The summed E-state index contributed by atoms with van der Waals surface area (Å²) in [6, 6.07) is 8.26. The molecule has 0 spiro atoms. The number of imidazole rings is 1. The molecule has 0 aliphatic heterocycles. The van der Waals surface area contributed by atoms with Gasteiger partial charge in [0.2, 0.25) is 5.91 Å². The lowest BCUT2D eigenvalue weighted by molar-refractivity contribution is -0.115. The van der Waals surface area contributed by atoms with Crippen molar-refractivity contribution in [3.05, 3.63) is 52.3 Å². The van der Waals surface area contributed by atoms with E-state index in [4.69, 9.17) is 4.42 Å². The van der Waals surface area contributed by atoms with Gasteiger partial charge in [-0.15, -0.1) is 0 Å². The van der Waals surface area contributed by atoms with E-state index in [1.165, 1.54) is 0 Å². The van der Waals surface area contributed by atoms with Crippen LogP contribution in [0.4, 0.5) is 5.69 Å². The van der Waals surface area contributed by atoms with Crippen molar-refractivity contribution in [3.8, 4) is 0 Å². The fourth-order valence-corrected chi connectivity index (χ4v) is 2.25. The molecular weight excluding hydrogens is 312 g/mol. The Morgan fingerprint density at radius 1 is 1.12 bits per heavy atom. The minimum atomic E-state index is -0.449. The zero-order valence-corrected chi connectivity index (χ0v) is 12.9. The van der Waals surface area contributed by atoms with Crippen LogP contribution in [0.15, 0.2) is 39.5 Å². The minimum absolute atomic E-state index is 0.172. The van der Waals surface area contributed by atoms with E-state index in [0.29, 0.717) is 28.9 Å². The Hall–Kier alpha value is -3.29. The smallest absolute Gasteiger partial charge is 0.323 e. The molecule has 0 bridgehead atoms. The number of furan rings is 1. The molecule has 1 aromatic carbocycles. The molecule has 8 heteroatoms. The zero-order chi connectivity index (χ0) is 17.1. The molecule has 0 saturated heterocycles. The summed E-state index contributed by atoms with van der Waals surface area (Å²) in [6.07, 6.45) is 0.692. The maximum atomic E-state index is 11.9. The monoisotopic (exact) mass is 328 g/mol. The van der Waals surface area contributed by atoms with Gasteiger partial charge in [0, 0.05) is 12.1 Å². The van der Waals surface area contributed by atoms with Crippen LogP contribution in [-0.4, -0.2) is 28.3 Å². The lowest BCUT2D eigenvalue weighted by atomic mass is 10.2. The Kier molecular flexibility index (Phi) is 4.19. The SMILES string of the molecule is CCc1ccc(C(=O)NCC(=O)Nc2ccc3[nH]c(=O)[nH]c3c2)o1. The predicted molar refractivity (Wildman–Crippen MR) is 88.0 cm³/mol. The lowest BCUT2D eigenvalue weighted by Gasteiger charge is -2.06. The summed E-state index contributed by atoms with van der Waals surface area (Å²) in [5, 5.41) is 5.14. The van der Waals surface area contributed by atoms with Crippen molar-refractivity contribution in [1.82, 2.24) is 15.3 Å². The quantitative estimate of drug-likeness (QED) is 0.565. The van der Waals surface area contributed by atoms with Crippen molar-refractivity contribution < 1.29 is 14.0 Å². The second kappa shape index (κ2) is 6.45. The molecule has 0 atom stereocenters. The third kappa shape index (κ3) is 3.37. The summed E-state index contributed by atoms with van der Waals surface area (Å²) in [6.45, 7) is 1.73. The fourth-order valence-electron chi connectivity index (χ4n) is 2.25. The van der Waals surface area contributed by atoms with E-state index in [2.05, 4.69) is 20.6 Å². The van der Waals surface area contributed by atoms with Gasteiger partial charge in [-0.05, 0) is 30.3 Å². The highest BCUT2D eigenvalue weighted by Gasteiger charge is 2.12. The molecule has 0 saturated carbocycles. The molecule has 0 aliphatic rings. The third-order valence-electron chi connectivity index (χ3n) is 3.44. The first-order chi connectivity index (χ1) is 11.5. The van der Waals surface area contributed by atoms with Crippen LogP contribution in [0.25, 0.3) is 11.0 Å². The van der Waals surface area contributed by atoms with Crippen molar-refractivity contribution in [2.75, 3.05) is 11.9 Å². The average molecular weight is 328 g/mol. The number of amides is 2. The number of H-pyrrole nitrogens is 2. The normalized spacial score (nSPS) is 10.7. The van der Waals surface area contributed by atoms with Gasteiger partial charge in [0.25, 0.3) is 5.91 Å². The molecule has 0 unspecified atom stereocenters. The highest BCUT2D eigenvalue weighted by Crippen LogP contribution is 2.14. The summed E-state index contributed by atoms with van der Waals surface area (Å²) in [5.74, 6) is 0.0440. The number of hydrogen-bond donors (Lipinski definition) is 4. The first-order valence-corrected chi connectivity index (χ1v) is 7.44. The molecule has 124 valence electrons. The second-order valence-electron chi connectivity index (χ2n) is 5.19. The van der Waals surface area contributed by atoms with Crippen molar-refractivity contribution in [1.29, 1.82) is 0 Å². The topological polar surface area (TPSA) is 120 Å². The van der Waals surface area contributed by atoms with Gasteiger partial charge in [0.1, 0.15) is 5.76 Å². The summed E-state index contributed by atoms with van der Waals surface area (Å²) >= 11 is 0. The van der Waals surface area contributed by atoms with Gasteiger partial charge in [-0.1, -0.05) is 6.92 Å². The van der Waals surface area contributed by atoms with Gasteiger partial charge in [-0.3, -0.25) is 9.59 Å². The number of benzene rings is 1. The Morgan fingerprint density at radius 2 is 1.92 bits per heavy atom. The molecule has 4 N–H and O–H groups in total. The number of fused-ring (bicyclic) bond motifs is 1. The van der Waals surface area contributed by atoms with E-state index < -0.39 is 5.91 Å². The maximum absolute atomic E-state index is 11.9. The minimum Gasteiger partial charge on any atom is -0.456 e. The number of aromatic amines is 2. The molecule has 0 aliphatic carbocycles. The van der Waals surface area contributed by atoms with E-state index in [-0.39, 0.29) is 23.9 Å². The van der Waals surface area contributed by atoms with E-state index in [9.17, 15) is 14.4 Å². The summed E-state index contributed by atoms with van der Waals surface area (Å²) in [7, 11) is 0. The standard InChI is InChI=1S/C16H16N4O4/c1-2-10-4-6-13(24-10)15(22)17-8-14(21)18-9-3-5-11-12(7-9)20-16(23)19-11/h3-7H,2,8H2,1H3,(H,17,22)(H,18,21)(H2,19,20,23). The number of rotatable bonds is 5. The average Bonchev–Trinajstić information content (AvgIpc) is 3.17. The molecule has 0 fully saturated rings. The van der Waals surface area contributed by atoms with Crippen molar-refractivity contribution >= 4 is 28.5 Å². The first-order valence-electron chi connectivity index (χ1n) is 7.44. The molecule has 3 aromatic rings. The van der Waals surface area contributed by atoms with Crippen LogP contribution >= 0.6 is 0 Å². The van der Waals surface area contributed by atoms with Crippen LogP contribution in [-0.2, 0) is 11.2 Å². The van der Waals surface area contributed by atoms with Gasteiger partial charge in [0.05, 0.1) is 17.6 Å². The fraction of sp³-hybridized carbons (Fsp3) is 0.188. The van der Waals surface area contributed by atoms with Crippen LogP contribution in [0.2, 0.25) is 0 Å². The van der Waals surface area contributed by atoms with E-state index in [0.717, 1.165) is 0 Å². The number of nitrogens with one attached hydrogen (secondary N) is 4. The largest absolute Gasteiger partial charge is 0.456 e.